The number of halogens is 1. The van der Waals surface area contributed by atoms with Gasteiger partial charge in [0.25, 0.3) is 0 Å². The summed E-state index contributed by atoms with van der Waals surface area (Å²) in [6, 6.07) is 8.79. The van der Waals surface area contributed by atoms with Crippen LogP contribution in [0, 0.1) is 6.92 Å². The number of carboxylic acids is 1. The van der Waals surface area contributed by atoms with E-state index in [-0.39, 0.29) is 11.7 Å². The molecule has 0 saturated carbocycles. The van der Waals surface area contributed by atoms with E-state index in [4.69, 9.17) is 14.6 Å². The van der Waals surface area contributed by atoms with Gasteiger partial charge in [0.15, 0.2) is 11.5 Å². The van der Waals surface area contributed by atoms with E-state index >= 15 is 0 Å². The van der Waals surface area contributed by atoms with Crippen LogP contribution in [0.3, 0.4) is 0 Å². The largest absolute Gasteiger partial charge is 0.493 e. The number of anilines is 1. The molecule has 0 heterocycles. The van der Waals surface area contributed by atoms with Gasteiger partial charge in [-0.2, -0.15) is 0 Å². The number of aromatic carboxylic acids is 1. The van der Waals surface area contributed by atoms with Crippen LogP contribution in [0.15, 0.2) is 34.8 Å². The van der Waals surface area contributed by atoms with Crippen molar-refractivity contribution < 1.29 is 19.4 Å². The predicted molar refractivity (Wildman–Crippen MR) is 102 cm³/mol. The van der Waals surface area contributed by atoms with Gasteiger partial charge in [0.2, 0.25) is 0 Å². The second-order valence-corrected chi connectivity index (χ2v) is 6.77. The number of methoxy groups -OCH3 is 1. The van der Waals surface area contributed by atoms with Gasteiger partial charge in [-0.25, -0.2) is 4.79 Å². The van der Waals surface area contributed by atoms with E-state index in [1.165, 1.54) is 0 Å². The van der Waals surface area contributed by atoms with Crippen LogP contribution in [0.2, 0.25) is 0 Å². The fraction of sp³-hybridized carbons (Fsp3) is 0.316. The highest BCUT2D eigenvalue weighted by atomic mass is 79.9. The molecule has 0 bridgehead atoms. The number of nitrogens with one attached hydrogen (secondary N) is 1. The van der Waals surface area contributed by atoms with Crippen LogP contribution in [0.5, 0.6) is 11.5 Å². The van der Waals surface area contributed by atoms with Crippen molar-refractivity contribution in [3.63, 3.8) is 0 Å². The van der Waals surface area contributed by atoms with Crippen molar-refractivity contribution in [1.82, 2.24) is 0 Å². The molecule has 2 aromatic carbocycles. The molecule has 0 fully saturated rings. The van der Waals surface area contributed by atoms with E-state index in [0.717, 1.165) is 21.3 Å². The summed E-state index contributed by atoms with van der Waals surface area (Å²) in [5, 5.41) is 12.4. The first kappa shape index (κ1) is 19.1. The maximum Gasteiger partial charge on any atom is 0.335 e. The topological polar surface area (TPSA) is 67.8 Å². The number of carboxylic acid groups (broad SMARTS) is 1. The number of hydrogen-bond acceptors (Lipinski definition) is 4. The van der Waals surface area contributed by atoms with Crippen molar-refractivity contribution in [3.05, 3.63) is 51.5 Å². The van der Waals surface area contributed by atoms with Crippen molar-refractivity contribution in [2.24, 2.45) is 0 Å². The van der Waals surface area contributed by atoms with Crippen molar-refractivity contribution in [2.75, 3.05) is 12.4 Å². The Morgan fingerprint density at radius 1 is 1.28 bits per heavy atom. The van der Waals surface area contributed by atoms with Gasteiger partial charge in [-0.3, -0.25) is 0 Å². The Hall–Kier alpha value is -2.21. The monoisotopic (exact) mass is 407 g/mol. The third kappa shape index (κ3) is 4.66. The average molecular weight is 408 g/mol. The number of aryl methyl sites for hydroxylation is 1. The maximum absolute atomic E-state index is 11.0. The highest BCUT2D eigenvalue weighted by molar-refractivity contribution is 9.10. The van der Waals surface area contributed by atoms with Crippen molar-refractivity contribution in [1.29, 1.82) is 0 Å². The summed E-state index contributed by atoms with van der Waals surface area (Å²) in [7, 11) is 1.61. The first-order chi connectivity index (χ1) is 11.8. The second-order valence-electron chi connectivity index (χ2n) is 5.91. The Balaban J connectivity index is 2.29. The first-order valence-electron chi connectivity index (χ1n) is 7.93. The van der Waals surface area contributed by atoms with E-state index in [2.05, 4.69) is 21.2 Å². The molecule has 0 aliphatic heterocycles. The lowest BCUT2D eigenvalue weighted by Gasteiger charge is -2.20. The Labute approximate surface area is 156 Å². The van der Waals surface area contributed by atoms with Gasteiger partial charge < -0.3 is 19.9 Å². The molecular formula is C19H22BrNO4. The molecule has 2 N–H and O–H groups in total. The van der Waals surface area contributed by atoms with Crippen LogP contribution >= 0.6 is 15.9 Å². The molecule has 6 heteroatoms. The minimum atomic E-state index is -0.933. The van der Waals surface area contributed by atoms with Crippen molar-refractivity contribution >= 4 is 27.6 Å². The molecule has 0 aromatic heterocycles. The summed E-state index contributed by atoms with van der Waals surface area (Å²) in [6.07, 6.45) is 0.0125. The predicted octanol–water partition coefficient (Wildman–Crippen LogP) is 4.86. The fourth-order valence-corrected chi connectivity index (χ4v) is 2.90. The van der Waals surface area contributed by atoms with E-state index in [1.807, 2.05) is 32.9 Å². The second kappa shape index (κ2) is 8.25. The van der Waals surface area contributed by atoms with Gasteiger partial charge in [-0.05, 0) is 56.7 Å². The van der Waals surface area contributed by atoms with Crippen LogP contribution in [0.25, 0.3) is 0 Å². The summed E-state index contributed by atoms with van der Waals surface area (Å²) in [4.78, 5) is 11.0. The van der Waals surface area contributed by atoms with Crippen molar-refractivity contribution in [3.8, 4) is 11.5 Å². The van der Waals surface area contributed by atoms with Crippen LogP contribution in [-0.4, -0.2) is 24.3 Å². The Bertz CT molecular complexity index is 774. The van der Waals surface area contributed by atoms with Crippen LogP contribution in [-0.2, 0) is 6.54 Å². The van der Waals surface area contributed by atoms with Gasteiger partial charge in [0.05, 0.1) is 18.8 Å². The summed E-state index contributed by atoms with van der Waals surface area (Å²) < 4.78 is 12.3. The molecular weight excluding hydrogens is 386 g/mol. The minimum Gasteiger partial charge on any atom is -0.493 e. The molecule has 0 radical (unpaired) electrons. The summed E-state index contributed by atoms with van der Waals surface area (Å²) in [5.41, 5.74) is 2.95. The fourth-order valence-electron chi connectivity index (χ4n) is 2.45. The quantitative estimate of drug-likeness (QED) is 0.685. The first-order valence-corrected chi connectivity index (χ1v) is 8.72. The number of hydrogen-bond donors (Lipinski definition) is 2. The maximum atomic E-state index is 11.0. The molecule has 134 valence electrons. The van der Waals surface area contributed by atoms with Crippen molar-refractivity contribution in [2.45, 2.75) is 33.4 Å². The molecule has 25 heavy (non-hydrogen) atoms. The standard InChI is InChI=1S/C19H22BrNO4/c1-11(2)25-18-14(15(20)6-8-17(18)24-4)10-21-16-7-5-13(19(22)23)9-12(16)3/h5-9,11,21H,10H2,1-4H3,(H,22,23). The molecule has 0 atom stereocenters. The van der Waals surface area contributed by atoms with E-state index in [0.29, 0.717) is 18.0 Å². The third-order valence-corrected chi connectivity index (χ3v) is 4.41. The molecule has 0 aliphatic rings. The van der Waals surface area contributed by atoms with Gasteiger partial charge in [-0.1, -0.05) is 15.9 Å². The molecule has 2 rings (SSSR count). The molecule has 2 aromatic rings. The highest BCUT2D eigenvalue weighted by Crippen LogP contribution is 2.37. The number of ether oxygens (including phenoxy) is 2. The van der Waals surface area contributed by atoms with Crippen LogP contribution in [0.1, 0.15) is 35.3 Å². The van der Waals surface area contributed by atoms with Gasteiger partial charge in [0.1, 0.15) is 0 Å². The lowest BCUT2D eigenvalue weighted by atomic mass is 10.1. The molecule has 0 spiro atoms. The van der Waals surface area contributed by atoms with Crippen LogP contribution < -0.4 is 14.8 Å². The summed E-state index contributed by atoms with van der Waals surface area (Å²) in [5.74, 6) is 0.434. The third-order valence-electron chi connectivity index (χ3n) is 3.67. The zero-order valence-electron chi connectivity index (χ0n) is 14.7. The zero-order chi connectivity index (χ0) is 18.6. The summed E-state index contributed by atoms with van der Waals surface area (Å²) in [6.45, 7) is 6.31. The Morgan fingerprint density at radius 2 is 2.00 bits per heavy atom. The molecule has 0 aliphatic carbocycles. The zero-order valence-corrected chi connectivity index (χ0v) is 16.3. The van der Waals surface area contributed by atoms with E-state index in [1.54, 1.807) is 25.3 Å². The van der Waals surface area contributed by atoms with E-state index < -0.39 is 5.97 Å². The Morgan fingerprint density at radius 3 is 2.56 bits per heavy atom. The average Bonchev–Trinajstić information content (AvgIpc) is 2.55. The number of rotatable bonds is 7. The molecule has 0 unspecified atom stereocenters. The highest BCUT2D eigenvalue weighted by Gasteiger charge is 2.16. The SMILES string of the molecule is COc1ccc(Br)c(CNc2ccc(C(=O)O)cc2C)c1OC(C)C. The van der Waals surface area contributed by atoms with Gasteiger partial charge in [0, 0.05) is 22.3 Å². The molecule has 0 amide bonds. The minimum absolute atomic E-state index is 0.0125. The van der Waals surface area contributed by atoms with Crippen LogP contribution in [0.4, 0.5) is 5.69 Å². The summed E-state index contributed by atoms with van der Waals surface area (Å²) >= 11 is 3.57. The lowest BCUT2D eigenvalue weighted by molar-refractivity contribution is 0.0697. The Kier molecular flexibility index (Phi) is 6.31. The number of benzene rings is 2. The molecule has 0 saturated heterocycles. The number of carbonyl (C=O) groups is 1. The van der Waals surface area contributed by atoms with Gasteiger partial charge in [-0.15, -0.1) is 0 Å². The van der Waals surface area contributed by atoms with E-state index in [9.17, 15) is 4.79 Å². The normalized spacial score (nSPS) is 10.6. The van der Waals surface area contributed by atoms with Gasteiger partial charge >= 0.3 is 5.97 Å². The smallest absolute Gasteiger partial charge is 0.335 e. The lowest BCUT2D eigenvalue weighted by Crippen LogP contribution is -2.11. The molecule has 5 nitrogen and oxygen atoms in total.